The third kappa shape index (κ3) is 2.84. The molecule has 3 aromatic rings. The fourth-order valence-corrected chi connectivity index (χ4v) is 2.14. The summed E-state index contributed by atoms with van der Waals surface area (Å²) < 4.78 is 43.4. The molecule has 1 nitrogen and oxygen atoms in total. The lowest BCUT2D eigenvalue weighted by Crippen LogP contribution is -2.04. The zero-order valence-electron chi connectivity index (χ0n) is 10.9. The van der Waals surface area contributed by atoms with Crippen molar-refractivity contribution in [3.63, 3.8) is 0 Å². The number of alkyl halides is 3. The highest BCUT2D eigenvalue weighted by Gasteiger charge is 2.30. The third-order valence-electron chi connectivity index (χ3n) is 3.21. The Labute approximate surface area is 119 Å². The van der Waals surface area contributed by atoms with E-state index in [4.69, 9.17) is 4.42 Å². The average molecular weight is 288 g/mol. The first-order valence-corrected chi connectivity index (χ1v) is 6.35. The van der Waals surface area contributed by atoms with Gasteiger partial charge in [0, 0.05) is 5.56 Å². The molecule has 0 bridgehead atoms. The maximum atomic E-state index is 12.7. The van der Waals surface area contributed by atoms with Gasteiger partial charge in [-0.25, -0.2) is 0 Å². The molecule has 0 aliphatic carbocycles. The molecule has 3 rings (SSSR count). The molecule has 0 fully saturated rings. The number of hydrogen-bond acceptors (Lipinski definition) is 1. The summed E-state index contributed by atoms with van der Waals surface area (Å²) in [7, 11) is 0. The van der Waals surface area contributed by atoms with Gasteiger partial charge in [0.05, 0.1) is 11.8 Å². The van der Waals surface area contributed by atoms with Crippen LogP contribution in [0.4, 0.5) is 13.2 Å². The molecule has 0 N–H and O–H groups in total. The molecule has 0 saturated heterocycles. The summed E-state index contributed by atoms with van der Waals surface area (Å²) in [5.74, 6) is 0.727. The van der Waals surface area contributed by atoms with E-state index in [1.807, 2.05) is 18.2 Å². The number of benzene rings is 2. The number of halogens is 3. The number of hydrogen-bond donors (Lipinski definition) is 0. The van der Waals surface area contributed by atoms with E-state index in [9.17, 15) is 13.2 Å². The van der Waals surface area contributed by atoms with Gasteiger partial charge in [-0.2, -0.15) is 13.2 Å². The summed E-state index contributed by atoms with van der Waals surface area (Å²) in [5, 5.41) is 0. The lowest BCUT2D eigenvalue weighted by Gasteiger charge is -2.09. The summed E-state index contributed by atoms with van der Waals surface area (Å²) in [6, 6.07) is 16.2. The first-order chi connectivity index (χ1) is 10.0. The molecule has 0 atom stereocenters. The molecule has 1 aromatic heterocycles. The first-order valence-electron chi connectivity index (χ1n) is 6.35. The van der Waals surface area contributed by atoms with Crippen LogP contribution in [0.3, 0.4) is 0 Å². The minimum absolute atomic E-state index is 0.538. The summed E-state index contributed by atoms with van der Waals surface area (Å²) in [5.41, 5.74) is 1.51. The first kappa shape index (κ1) is 13.5. The van der Waals surface area contributed by atoms with Crippen LogP contribution in [0.25, 0.3) is 22.5 Å². The minimum Gasteiger partial charge on any atom is -0.464 e. The van der Waals surface area contributed by atoms with E-state index in [0.717, 1.165) is 29.0 Å². The van der Waals surface area contributed by atoms with Crippen LogP contribution in [0.15, 0.2) is 71.3 Å². The van der Waals surface area contributed by atoms with Gasteiger partial charge in [0.25, 0.3) is 0 Å². The monoisotopic (exact) mass is 288 g/mol. The SMILES string of the molecule is FC(F)(F)c1cccc(-c2ccc(-c3ccco3)cc2)c1. The van der Waals surface area contributed by atoms with Gasteiger partial charge in [0.2, 0.25) is 0 Å². The lowest BCUT2D eigenvalue weighted by atomic mass is 10.0. The molecule has 2 aromatic carbocycles. The van der Waals surface area contributed by atoms with Crippen molar-refractivity contribution >= 4 is 0 Å². The zero-order chi connectivity index (χ0) is 14.9. The van der Waals surface area contributed by atoms with Gasteiger partial charge in [-0.15, -0.1) is 0 Å². The Morgan fingerprint density at radius 2 is 1.43 bits per heavy atom. The van der Waals surface area contributed by atoms with Crippen LogP contribution in [0.1, 0.15) is 5.56 Å². The highest BCUT2D eigenvalue weighted by molar-refractivity contribution is 5.68. The Balaban J connectivity index is 1.94. The van der Waals surface area contributed by atoms with Gasteiger partial charge in [-0.1, -0.05) is 36.4 Å². The second-order valence-electron chi connectivity index (χ2n) is 4.63. The summed E-state index contributed by atoms with van der Waals surface area (Å²) in [4.78, 5) is 0. The molecule has 0 aliphatic rings. The van der Waals surface area contributed by atoms with E-state index >= 15 is 0 Å². The van der Waals surface area contributed by atoms with Crippen LogP contribution in [0, 0.1) is 0 Å². The van der Waals surface area contributed by atoms with Crippen LogP contribution in [0.5, 0.6) is 0 Å². The van der Waals surface area contributed by atoms with E-state index in [-0.39, 0.29) is 0 Å². The Bertz CT molecular complexity index is 725. The Kier molecular flexibility index (Phi) is 3.29. The quantitative estimate of drug-likeness (QED) is 0.595. The Morgan fingerprint density at radius 1 is 0.714 bits per heavy atom. The highest BCUT2D eigenvalue weighted by Crippen LogP contribution is 2.32. The summed E-state index contributed by atoms with van der Waals surface area (Å²) in [6.07, 6.45) is -2.75. The predicted octanol–water partition coefficient (Wildman–Crippen LogP) is 5.63. The molecule has 0 aliphatic heterocycles. The molecule has 0 radical (unpaired) electrons. The van der Waals surface area contributed by atoms with E-state index < -0.39 is 11.7 Å². The fourth-order valence-electron chi connectivity index (χ4n) is 2.14. The second-order valence-corrected chi connectivity index (χ2v) is 4.63. The standard InChI is InChI=1S/C17H11F3O/c18-17(19,20)15-4-1-3-14(11-15)12-6-8-13(9-7-12)16-5-2-10-21-16/h1-11H. The van der Waals surface area contributed by atoms with Gasteiger partial charge in [-0.05, 0) is 35.4 Å². The molecule has 0 saturated carbocycles. The Morgan fingerprint density at radius 3 is 2.05 bits per heavy atom. The summed E-state index contributed by atoms with van der Waals surface area (Å²) >= 11 is 0. The molecular formula is C17H11F3O. The molecule has 21 heavy (non-hydrogen) atoms. The van der Waals surface area contributed by atoms with Crippen LogP contribution in [-0.2, 0) is 6.18 Å². The van der Waals surface area contributed by atoms with Crippen LogP contribution >= 0.6 is 0 Å². The van der Waals surface area contributed by atoms with E-state index in [2.05, 4.69) is 0 Å². The zero-order valence-corrected chi connectivity index (χ0v) is 10.9. The van der Waals surface area contributed by atoms with Crippen LogP contribution in [-0.4, -0.2) is 0 Å². The van der Waals surface area contributed by atoms with Gasteiger partial charge in [0.1, 0.15) is 5.76 Å². The van der Waals surface area contributed by atoms with Gasteiger partial charge >= 0.3 is 6.18 Å². The van der Waals surface area contributed by atoms with Crippen molar-refractivity contribution in [3.8, 4) is 22.5 Å². The third-order valence-corrected chi connectivity index (χ3v) is 3.21. The maximum absolute atomic E-state index is 12.7. The molecule has 0 unspecified atom stereocenters. The Hall–Kier alpha value is -2.49. The van der Waals surface area contributed by atoms with Crippen molar-refractivity contribution in [2.24, 2.45) is 0 Å². The van der Waals surface area contributed by atoms with E-state index in [0.29, 0.717) is 5.56 Å². The van der Waals surface area contributed by atoms with Gasteiger partial charge in [0.15, 0.2) is 0 Å². The number of rotatable bonds is 2. The van der Waals surface area contributed by atoms with Gasteiger partial charge < -0.3 is 4.42 Å². The van der Waals surface area contributed by atoms with Crippen LogP contribution < -0.4 is 0 Å². The predicted molar refractivity (Wildman–Crippen MR) is 74.6 cm³/mol. The second kappa shape index (κ2) is 5.13. The fraction of sp³-hybridized carbons (Fsp3) is 0.0588. The lowest BCUT2D eigenvalue weighted by molar-refractivity contribution is -0.137. The number of furan rings is 1. The smallest absolute Gasteiger partial charge is 0.416 e. The van der Waals surface area contributed by atoms with Crippen molar-refractivity contribution in [1.82, 2.24) is 0 Å². The molecule has 0 spiro atoms. The van der Waals surface area contributed by atoms with Crippen molar-refractivity contribution < 1.29 is 17.6 Å². The highest BCUT2D eigenvalue weighted by atomic mass is 19.4. The van der Waals surface area contributed by atoms with Crippen molar-refractivity contribution in [3.05, 3.63) is 72.5 Å². The largest absolute Gasteiger partial charge is 0.464 e. The van der Waals surface area contributed by atoms with Crippen molar-refractivity contribution in [1.29, 1.82) is 0 Å². The molecule has 4 heteroatoms. The minimum atomic E-state index is -4.33. The van der Waals surface area contributed by atoms with E-state index in [1.54, 1.807) is 30.5 Å². The van der Waals surface area contributed by atoms with Crippen LogP contribution in [0.2, 0.25) is 0 Å². The average Bonchev–Trinajstić information content (AvgIpc) is 3.01. The van der Waals surface area contributed by atoms with Crippen molar-refractivity contribution in [2.75, 3.05) is 0 Å². The van der Waals surface area contributed by atoms with Gasteiger partial charge in [-0.3, -0.25) is 0 Å². The molecule has 1 heterocycles. The van der Waals surface area contributed by atoms with Crippen molar-refractivity contribution in [2.45, 2.75) is 6.18 Å². The summed E-state index contributed by atoms with van der Waals surface area (Å²) in [6.45, 7) is 0. The topological polar surface area (TPSA) is 13.1 Å². The molecule has 0 amide bonds. The van der Waals surface area contributed by atoms with E-state index in [1.165, 1.54) is 6.07 Å². The normalized spacial score (nSPS) is 11.6. The molecular weight excluding hydrogens is 277 g/mol. The molecule has 106 valence electrons. The maximum Gasteiger partial charge on any atom is 0.416 e.